The number of carboxylic acid groups (broad SMARTS) is 1. The molecule has 0 aliphatic heterocycles. The molecular formula is C13H22N2O5. The highest BCUT2D eigenvalue weighted by Crippen LogP contribution is 2.28. The van der Waals surface area contributed by atoms with E-state index >= 15 is 0 Å². The third-order valence-corrected chi connectivity index (χ3v) is 3.53. The van der Waals surface area contributed by atoms with Gasteiger partial charge in [0.05, 0.1) is 7.11 Å². The molecule has 1 fully saturated rings. The fraction of sp³-hybridized carbons (Fsp3) is 0.769. The number of aliphatic carboxylic acids is 1. The highest BCUT2D eigenvalue weighted by molar-refractivity contribution is 5.83. The number of amides is 2. The fourth-order valence-electron chi connectivity index (χ4n) is 2.00. The molecule has 0 aromatic heterocycles. The van der Waals surface area contributed by atoms with Gasteiger partial charge in [0.15, 0.2) is 0 Å². The maximum absolute atomic E-state index is 11.6. The molecule has 114 valence electrons. The Labute approximate surface area is 118 Å². The Bertz CT molecular complexity index is 355. The van der Waals surface area contributed by atoms with Crippen molar-refractivity contribution in [3.8, 4) is 0 Å². The summed E-state index contributed by atoms with van der Waals surface area (Å²) in [4.78, 5) is 33.5. The first kappa shape index (κ1) is 16.3. The molecule has 2 amide bonds. The smallest absolute Gasteiger partial charge is 0.326 e. The van der Waals surface area contributed by atoms with Gasteiger partial charge in [-0.05, 0) is 18.8 Å². The highest BCUT2D eigenvalue weighted by atomic mass is 16.5. The van der Waals surface area contributed by atoms with Crippen LogP contribution in [0.1, 0.15) is 38.5 Å². The molecule has 0 aromatic carbocycles. The van der Waals surface area contributed by atoms with Gasteiger partial charge in [-0.3, -0.25) is 4.79 Å². The Morgan fingerprint density at radius 1 is 1.35 bits per heavy atom. The Morgan fingerprint density at radius 2 is 2.05 bits per heavy atom. The zero-order valence-corrected chi connectivity index (χ0v) is 11.7. The molecule has 0 bridgehead atoms. The zero-order valence-electron chi connectivity index (χ0n) is 11.7. The summed E-state index contributed by atoms with van der Waals surface area (Å²) < 4.78 is 4.44. The summed E-state index contributed by atoms with van der Waals surface area (Å²) in [6, 6.07) is -1.60. The molecule has 1 rings (SSSR count). The van der Waals surface area contributed by atoms with Gasteiger partial charge in [0, 0.05) is 13.0 Å². The molecule has 1 aliphatic rings. The van der Waals surface area contributed by atoms with Gasteiger partial charge in [0.2, 0.25) is 0 Å². The third kappa shape index (κ3) is 5.90. The van der Waals surface area contributed by atoms with Crippen molar-refractivity contribution in [2.75, 3.05) is 13.7 Å². The van der Waals surface area contributed by atoms with Crippen LogP contribution in [-0.2, 0) is 14.3 Å². The predicted octanol–water partition coefficient (Wildman–Crippen LogP) is 0.882. The summed E-state index contributed by atoms with van der Waals surface area (Å²) in [6.07, 6.45) is 4.56. The van der Waals surface area contributed by atoms with Crippen LogP contribution in [0.4, 0.5) is 4.79 Å². The van der Waals surface area contributed by atoms with E-state index in [1.165, 1.54) is 26.4 Å². The molecule has 1 saturated carbocycles. The number of rotatable bonds is 8. The molecule has 0 radical (unpaired) electrons. The molecule has 3 N–H and O–H groups in total. The Kier molecular flexibility index (Phi) is 6.83. The number of hydrogen-bond donors (Lipinski definition) is 3. The van der Waals surface area contributed by atoms with Gasteiger partial charge in [-0.1, -0.05) is 19.3 Å². The zero-order chi connectivity index (χ0) is 15.0. The van der Waals surface area contributed by atoms with Gasteiger partial charge in [-0.15, -0.1) is 0 Å². The van der Waals surface area contributed by atoms with E-state index in [1.54, 1.807) is 0 Å². The minimum absolute atomic E-state index is 0.0120. The fourth-order valence-corrected chi connectivity index (χ4v) is 2.00. The molecule has 0 aromatic rings. The topological polar surface area (TPSA) is 105 Å². The average molecular weight is 286 g/mol. The van der Waals surface area contributed by atoms with Gasteiger partial charge in [0.1, 0.15) is 6.04 Å². The van der Waals surface area contributed by atoms with Crippen molar-refractivity contribution in [1.29, 1.82) is 0 Å². The number of urea groups is 1. The van der Waals surface area contributed by atoms with Crippen LogP contribution in [0.15, 0.2) is 0 Å². The summed E-state index contributed by atoms with van der Waals surface area (Å²) >= 11 is 0. The third-order valence-electron chi connectivity index (χ3n) is 3.53. The number of methoxy groups -OCH3 is 1. The molecule has 7 nitrogen and oxygen atoms in total. The predicted molar refractivity (Wildman–Crippen MR) is 71.2 cm³/mol. The van der Waals surface area contributed by atoms with E-state index in [2.05, 4.69) is 15.4 Å². The van der Waals surface area contributed by atoms with E-state index in [0.29, 0.717) is 12.5 Å². The van der Waals surface area contributed by atoms with Crippen LogP contribution in [0, 0.1) is 5.92 Å². The number of hydrogen-bond acceptors (Lipinski definition) is 4. The maximum Gasteiger partial charge on any atom is 0.326 e. The van der Waals surface area contributed by atoms with E-state index in [0.717, 1.165) is 6.42 Å². The van der Waals surface area contributed by atoms with Crippen LogP contribution in [0.3, 0.4) is 0 Å². The van der Waals surface area contributed by atoms with Gasteiger partial charge < -0.3 is 20.5 Å². The molecule has 0 saturated heterocycles. The van der Waals surface area contributed by atoms with Crippen molar-refractivity contribution in [2.45, 2.75) is 44.6 Å². The molecule has 20 heavy (non-hydrogen) atoms. The van der Waals surface area contributed by atoms with Gasteiger partial charge in [-0.25, -0.2) is 9.59 Å². The summed E-state index contributed by atoms with van der Waals surface area (Å²) in [5.74, 6) is -0.976. The number of nitrogens with one attached hydrogen (secondary N) is 2. The van der Waals surface area contributed by atoms with Crippen LogP contribution >= 0.6 is 0 Å². The monoisotopic (exact) mass is 286 g/mol. The van der Waals surface area contributed by atoms with Gasteiger partial charge >= 0.3 is 18.0 Å². The minimum atomic E-state index is -1.16. The SMILES string of the molecule is COC(=O)CC[C@H](NC(=O)NCCC1CCC1)C(=O)O. The standard InChI is InChI=1S/C13H22N2O5/c1-20-11(16)6-5-10(12(17)18)15-13(19)14-8-7-9-3-2-4-9/h9-10H,2-8H2,1H3,(H,17,18)(H2,14,15,19)/t10-/m0/s1. The second-order valence-corrected chi connectivity index (χ2v) is 4.99. The lowest BCUT2D eigenvalue weighted by Crippen LogP contribution is -2.46. The van der Waals surface area contributed by atoms with Crippen LogP contribution in [0.25, 0.3) is 0 Å². The number of ether oxygens (including phenoxy) is 1. The highest BCUT2D eigenvalue weighted by Gasteiger charge is 2.21. The Hall–Kier alpha value is -1.79. The lowest BCUT2D eigenvalue weighted by molar-refractivity contribution is -0.142. The first-order valence-electron chi connectivity index (χ1n) is 6.87. The van der Waals surface area contributed by atoms with Crippen molar-refractivity contribution in [3.63, 3.8) is 0 Å². The number of carboxylic acids is 1. The van der Waals surface area contributed by atoms with Crippen LogP contribution in [-0.4, -0.2) is 42.8 Å². The van der Waals surface area contributed by atoms with Crippen LogP contribution < -0.4 is 10.6 Å². The summed E-state index contributed by atoms with van der Waals surface area (Å²) in [7, 11) is 1.23. The summed E-state index contributed by atoms with van der Waals surface area (Å²) in [5, 5.41) is 14.0. The first-order chi connectivity index (χ1) is 9.52. The van der Waals surface area contributed by atoms with Crippen molar-refractivity contribution in [3.05, 3.63) is 0 Å². The molecule has 7 heteroatoms. The number of esters is 1. The lowest BCUT2D eigenvalue weighted by atomic mass is 9.83. The average Bonchev–Trinajstić information content (AvgIpc) is 2.36. The summed E-state index contributed by atoms with van der Waals surface area (Å²) in [5.41, 5.74) is 0. The Morgan fingerprint density at radius 3 is 2.55 bits per heavy atom. The normalized spacial score (nSPS) is 15.8. The second kappa shape index (κ2) is 8.39. The van der Waals surface area contributed by atoms with Crippen molar-refractivity contribution >= 4 is 18.0 Å². The van der Waals surface area contributed by atoms with Crippen LogP contribution in [0.2, 0.25) is 0 Å². The van der Waals surface area contributed by atoms with E-state index in [4.69, 9.17) is 5.11 Å². The first-order valence-corrected chi connectivity index (χ1v) is 6.87. The van der Waals surface area contributed by atoms with Crippen LogP contribution in [0.5, 0.6) is 0 Å². The summed E-state index contributed by atoms with van der Waals surface area (Å²) in [6.45, 7) is 0.542. The van der Waals surface area contributed by atoms with E-state index in [9.17, 15) is 14.4 Å². The molecule has 1 aliphatic carbocycles. The molecular weight excluding hydrogens is 264 g/mol. The second-order valence-electron chi connectivity index (χ2n) is 4.99. The van der Waals surface area contributed by atoms with E-state index in [1.807, 2.05) is 0 Å². The van der Waals surface area contributed by atoms with E-state index < -0.39 is 24.0 Å². The minimum Gasteiger partial charge on any atom is -0.480 e. The number of carbonyl (C=O) groups excluding carboxylic acids is 2. The lowest BCUT2D eigenvalue weighted by Gasteiger charge is -2.25. The molecule has 1 atom stereocenters. The molecule has 0 spiro atoms. The van der Waals surface area contributed by atoms with Gasteiger partial charge in [-0.2, -0.15) is 0 Å². The molecule has 0 heterocycles. The van der Waals surface area contributed by atoms with Crippen molar-refractivity contribution in [1.82, 2.24) is 10.6 Å². The number of carbonyl (C=O) groups is 3. The largest absolute Gasteiger partial charge is 0.480 e. The van der Waals surface area contributed by atoms with Crippen molar-refractivity contribution < 1.29 is 24.2 Å². The van der Waals surface area contributed by atoms with Crippen molar-refractivity contribution in [2.24, 2.45) is 5.92 Å². The Balaban J connectivity index is 2.22. The van der Waals surface area contributed by atoms with Gasteiger partial charge in [0.25, 0.3) is 0 Å². The maximum atomic E-state index is 11.6. The quantitative estimate of drug-likeness (QED) is 0.575. The molecule has 0 unspecified atom stereocenters. The van der Waals surface area contributed by atoms with E-state index in [-0.39, 0.29) is 12.8 Å².